The number of hydrogen-bond acceptors (Lipinski definition) is 2. The standard InChI is InChI=1S/C8H12ClN3O/c1-3-12(8(13)4-9)7-5-10-11(2)6-7/h5-6H,3-4H2,1-2H3. The van der Waals surface area contributed by atoms with Gasteiger partial charge in [0.05, 0.1) is 11.9 Å². The second kappa shape index (κ2) is 4.28. The van der Waals surface area contributed by atoms with Crippen LogP contribution in [0, 0.1) is 0 Å². The summed E-state index contributed by atoms with van der Waals surface area (Å²) in [4.78, 5) is 12.9. The van der Waals surface area contributed by atoms with Crippen LogP contribution in [0.2, 0.25) is 0 Å². The molecule has 1 aromatic heterocycles. The fraction of sp³-hybridized carbons (Fsp3) is 0.500. The number of halogens is 1. The Hall–Kier alpha value is -1.03. The molecule has 0 atom stereocenters. The molecule has 0 aliphatic heterocycles. The lowest BCUT2D eigenvalue weighted by Gasteiger charge is -2.16. The first-order chi connectivity index (χ1) is 6.19. The Morgan fingerprint density at radius 1 is 1.77 bits per heavy atom. The summed E-state index contributed by atoms with van der Waals surface area (Å²) < 4.78 is 1.65. The molecule has 0 aliphatic carbocycles. The maximum absolute atomic E-state index is 11.3. The Morgan fingerprint density at radius 2 is 2.46 bits per heavy atom. The third-order valence-electron chi connectivity index (χ3n) is 1.73. The summed E-state index contributed by atoms with van der Waals surface area (Å²) in [6.07, 6.45) is 3.43. The van der Waals surface area contributed by atoms with E-state index < -0.39 is 0 Å². The predicted molar refractivity (Wildman–Crippen MR) is 52.0 cm³/mol. The number of amides is 1. The summed E-state index contributed by atoms with van der Waals surface area (Å²) in [7, 11) is 1.81. The number of rotatable bonds is 3. The highest BCUT2D eigenvalue weighted by Gasteiger charge is 2.13. The molecule has 0 N–H and O–H groups in total. The summed E-state index contributed by atoms with van der Waals surface area (Å²) >= 11 is 5.46. The zero-order chi connectivity index (χ0) is 9.84. The normalized spacial score (nSPS) is 10.1. The van der Waals surface area contributed by atoms with Crippen LogP contribution in [0.1, 0.15) is 6.92 Å². The molecule has 0 fully saturated rings. The van der Waals surface area contributed by atoms with Gasteiger partial charge in [0.2, 0.25) is 5.91 Å². The first-order valence-electron chi connectivity index (χ1n) is 4.04. The van der Waals surface area contributed by atoms with Crippen LogP contribution in [-0.2, 0) is 11.8 Å². The molecule has 1 rings (SSSR count). The number of aromatic nitrogens is 2. The number of anilines is 1. The number of carbonyl (C=O) groups is 1. The lowest BCUT2D eigenvalue weighted by atomic mass is 10.4. The van der Waals surface area contributed by atoms with E-state index in [1.807, 2.05) is 14.0 Å². The minimum absolute atomic E-state index is 0.00271. The molecule has 0 saturated carbocycles. The van der Waals surface area contributed by atoms with Crippen molar-refractivity contribution in [1.82, 2.24) is 9.78 Å². The van der Waals surface area contributed by atoms with Crippen LogP contribution in [0.25, 0.3) is 0 Å². The van der Waals surface area contributed by atoms with E-state index in [1.54, 1.807) is 22.0 Å². The molecular weight excluding hydrogens is 190 g/mol. The van der Waals surface area contributed by atoms with E-state index in [2.05, 4.69) is 5.10 Å². The van der Waals surface area contributed by atoms with Gasteiger partial charge in [-0.25, -0.2) is 0 Å². The van der Waals surface area contributed by atoms with Gasteiger partial charge in [-0.15, -0.1) is 11.6 Å². The van der Waals surface area contributed by atoms with Gasteiger partial charge >= 0.3 is 0 Å². The van der Waals surface area contributed by atoms with Crippen molar-refractivity contribution in [2.24, 2.45) is 7.05 Å². The molecule has 13 heavy (non-hydrogen) atoms. The van der Waals surface area contributed by atoms with E-state index in [0.29, 0.717) is 6.54 Å². The average Bonchev–Trinajstić information content (AvgIpc) is 2.53. The monoisotopic (exact) mass is 201 g/mol. The molecule has 1 amide bonds. The molecule has 5 heteroatoms. The molecule has 0 aliphatic rings. The van der Waals surface area contributed by atoms with Gasteiger partial charge in [-0.2, -0.15) is 5.10 Å². The van der Waals surface area contributed by atoms with Crippen molar-refractivity contribution >= 4 is 23.2 Å². The Labute approximate surface area is 82.1 Å². The SMILES string of the molecule is CCN(C(=O)CCl)c1cnn(C)c1. The molecule has 0 spiro atoms. The summed E-state index contributed by atoms with van der Waals surface area (Å²) in [5.41, 5.74) is 0.788. The Morgan fingerprint density at radius 3 is 2.85 bits per heavy atom. The summed E-state index contributed by atoms with van der Waals surface area (Å²) in [5.74, 6) is -0.0971. The maximum atomic E-state index is 11.3. The first kappa shape index (κ1) is 10.1. The number of nitrogens with zero attached hydrogens (tertiary/aromatic N) is 3. The Bertz CT molecular complexity index is 297. The van der Waals surface area contributed by atoms with Crippen LogP contribution in [0.5, 0.6) is 0 Å². The minimum Gasteiger partial charge on any atom is -0.309 e. The van der Waals surface area contributed by atoms with Crippen molar-refractivity contribution in [2.45, 2.75) is 6.92 Å². The molecule has 0 saturated heterocycles. The van der Waals surface area contributed by atoms with Crippen molar-refractivity contribution in [3.63, 3.8) is 0 Å². The van der Waals surface area contributed by atoms with Gasteiger partial charge in [-0.3, -0.25) is 9.48 Å². The quantitative estimate of drug-likeness (QED) is 0.685. The maximum Gasteiger partial charge on any atom is 0.241 e. The highest BCUT2D eigenvalue weighted by atomic mass is 35.5. The number of hydrogen-bond donors (Lipinski definition) is 0. The smallest absolute Gasteiger partial charge is 0.241 e. The number of carbonyl (C=O) groups excluding carboxylic acids is 1. The van der Waals surface area contributed by atoms with E-state index in [1.165, 1.54) is 0 Å². The van der Waals surface area contributed by atoms with Crippen molar-refractivity contribution in [3.05, 3.63) is 12.4 Å². The molecule has 1 heterocycles. The molecule has 0 radical (unpaired) electrons. The van der Waals surface area contributed by atoms with E-state index >= 15 is 0 Å². The Balaban J connectivity index is 2.84. The number of alkyl halides is 1. The summed E-state index contributed by atoms with van der Waals surface area (Å²) in [5, 5.41) is 3.98. The van der Waals surface area contributed by atoms with E-state index in [4.69, 9.17) is 11.6 Å². The molecule has 72 valence electrons. The zero-order valence-corrected chi connectivity index (χ0v) is 8.45. The van der Waals surface area contributed by atoms with Gasteiger partial charge in [-0.05, 0) is 6.92 Å². The molecule has 4 nitrogen and oxygen atoms in total. The fourth-order valence-corrected chi connectivity index (χ4v) is 1.27. The minimum atomic E-state index is -0.0998. The topological polar surface area (TPSA) is 38.1 Å². The predicted octanol–water partition coefficient (Wildman–Crippen LogP) is 1.01. The number of aryl methyl sites for hydroxylation is 1. The van der Waals surface area contributed by atoms with Gasteiger partial charge < -0.3 is 4.90 Å². The van der Waals surface area contributed by atoms with E-state index in [-0.39, 0.29) is 11.8 Å². The largest absolute Gasteiger partial charge is 0.309 e. The first-order valence-corrected chi connectivity index (χ1v) is 4.57. The summed E-state index contributed by atoms with van der Waals surface area (Å²) in [6.45, 7) is 2.51. The van der Waals surface area contributed by atoms with Gasteiger partial charge in [0.15, 0.2) is 0 Å². The van der Waals surface area contributed by atoms with E-state index in [0.717, 1.165) is 5.69 Å². The molecule has 0 aromatic carbocycles. The van der Waals surface area contributed by atoms with Gasteiger partial charge in [-0.1, -0.05) is 0 Å². The lowest BCUT2D eigenvalue weighted by Crippen LogP contribution is -2.31. The van der Waals surface area contributed by atoms with Crippen LogP contribution < -0.4 is 4.90 Å². The van der Waals surface area contributed by atoms with Crippen molar-refractivity contribution in [3.8, 4) is 0 Å². The Kier molecular flexibility index (Phi) is 3.31. The van der Waals surface area contributed by atoms with Crippen LogP contribution in [0.4, 0.5) is 5.69 Å². The van der Waals surface area contributed by atoms with Crippen LogP contribution in [0.15, 0.2) is 12.4 Å². The highest BCUT2D eigenvalue weighted by molar-refractivity contribution is 6.29. The second-order valence-electron chi connectivity index (χ2n) is 2.64. The van der Waals surface area contributed by atoms with Crippen LogP contribution >= 0.6 is 11.6 Å². The van der Waals surface area contributed by atoms with Crippen molar-refractivity contribution < 1.29 is 4.79 Å². The second-order valence-corrected chi connectivity index (χ2v) is 2.91. The molecule has 0 unspecified atom stereocenters. The third kappa shape index (κ3) is 2.21. The lowest BCUT2D eigenvalue weighted by molar-refractivity contribution is -0.116. The van der Waals surface area contributed by atoms with Gasteiger partial charge in [0, 0.05) is 19.8 Å². The molecule has 0 bridgehead atoms. The van der Waals surface area contributed by atoms with Crippen molar-refractivity contribution in [1.29, 1.82) is 0 Å². The average molecular weight is 202 g/mol. The van der Waals surface area contributed by atoms with Crippen LogP contribution in [0.3, 0.4) is 0 Å². The molecular formula is C8H12ClN3O. The zero-order valence-electron chi connectivity index (χ0n) is 7.70. The van der Waals surface area contributed by atoms with Gasteiger partial charge in [0.1, 0.15) is 5.88 Å². The fourth-order valence-electron chi connectivity index (χ4n) is 1.12. The highest BCUT2D eigenvalue weighted by Crippen LogP contribution is 2.12. The van der Waals surface area contributed by atoms with Crippen LogP contribution in [-0.4, -0.2) is 28.1 Å². The summed E-state index contributed by atoms with van der Waals surface area (Å²) in [6, 6.07) is 0. The van der Waals surface area contributed by atoms with E-state index in [9.17, 15) is 4.79 Å². The van der Waals surface area contributed by atoms with Gasteiger partial charge in [0.25, 0.3) is 0 Å². The third-order valence-corrected chi connectivity index (χ3v) is 1.96. The molecule has 1 aromatic rings. The van der Waals surface area contributed by atoms with Crippen molar-refractivity contribution in [2.75, 3.05) is 17.3 Å².